The number of carbonyl (C=O) groups excluding carboxylic acids is 1. The first-order valence-electron chi connectivity index (χ1n) is 11.6. The molecule has 0 radical (unpaired) electrons. The largest absolute Gasteiger partial charge is 0.342 e. The zero-order chi connectivity index (χ0) is 22.1. The summed E-state index contributed by atoms with van der Waals surface area (Å²) in [5.74, 6) is 2.10. The van der Waals surface area contributed by atoms with Crippen LogP contribution in [0.1, 0.15) is 55.7 Å². The standard InChI is InChI=1S/C24H30N6O2/c1-17-13-18(2)30(27-17)12-8-21(31)29-11-4-9-24(16-29,14-19-6-7-19)23-26-22(32-28-23)20-5-3-10-25-15-20/h3,5,10,13,15,19H,4,6-9,11-12,14,16H2,1-2H3. The molecule has 1 amide bonds. The summed E-state index contributed by atoms with van der Waals surface area (Å²) in [7, 11) is 0. The van der Waals surface area contributed by atoms with Gasteiger partial charge in [0, 0.05) is 44.1 Å². The Balaban J connectivity index is 1.34. The second kappa shape index (κ2) is 8.48. The van der Waals surface area contributed by atoms with Crippen LogP contribution in [0.25, 0.3) is 11.5 Å². The van der Waals surface area contributed by atoms with Gasteiger partial charge in [0.2, 0.25) is 5.91 Å². The van der Waals surface area contributed by atoms with Crippen LogP contribution in [-0.4, -0.2) is 48.8 Å². The normalized spacial score (nSPS) is 21.1. The molecule has 0 N–H and O–H groups in total. The molecule has 8 heteroatoms. The van der Waals surface area contributed by atoms with Crippen LogP contribution in [0.5, 0.6) is 0 Å². The van der Waals surface area contributed by atoms with Crippen molar-refractivity contribution in [3.63, 3.8) is 0 Å². The number of carbonyl (C=O) groups is 1. The molecule has 2 fully saturated rings. The van der Waals surface area contributed by atoms with Gasteiger partial charge in [-0.25, -0.2) is 0 Å². The highest BCUT2D eigenvalue weighted by Gasteiger charge is 2.45. The van der Waals surface area contributed by atoms with Crippen molar-refractivity contribution >= 4 is 5.91 Å². The van der Waals surface area contributed by atoms with Crippen molar-refractivity contribution in [3.8, 4) is 11.5 Å². The fraction of sp³-hybridized carbons (Fsp3) is 0.542. The van der Waals surface area contributed by atoms with E-state index in [2.05, 4.69) is 15.2 Å². The Morgan fingerprint density at radius 2 is 2.19 bits per heavy atom. The number of pyridine rings is 1. The van der Waals surface area contributed by atoms with Crippen LogP contribution in [0.15, 0.2) is 35.1 Å². The molecule has 1 aliphatic heterocycles. The number of nitrogens with zero attached hydrogens (tertiary/aromatic N) is 6. The summed E-state index contributed by atoms with van der Waals surface area (Å²) in [5.41, 5.74) is 2.66. The van der Waals surface area contributed by atoms with Crippen molar-refractivity contribution in [3.05, 3.63) is 47.8 Å². The number of hydrogen-bond donors (Lipinski definition) is 0. The number of amides is 1. The lowest BCUT2D eigenvalue weighted by Gasteiger charge is -2.41. The zero-order valence-electron chi connectivity index (χ0n) is 18.8. The van der Waals surface area contributed by atoms with E-state index in [-0.39, 0.29) is 11.3 Å². The third-order valence-corrected chi connectivity index (χ3v) is 6.76. The average Bonchev–Trinajstić information content (AvgIpc) is 3.34. The highest BCUT2D eigenvalue weighted by atomic mass is 16.5. The highest BCUT2D eigenvalue weighted by Crippen LogP contribution is 2.46. The molecule has 3 aromatic rings. The molecular formula is C24H30N6O2. The minimum atomic E-state index is -0.239. The second-order valence-electron chi connectivity index (χ2n) is 9.41. The van der Waals surface area contributed by atoms with E-state index in [0.29, 0.717) is 31.3 Å². The maximum absolute atomic E-state index is 13.1. The first-order valence-corrected chi connectivity index (χ1v) is 11.6. The predicted molar refractivity (Wildman–Crippen MR) is 119 cm³/mol. The van der Waals surface area contributed by atoms with Gasteiger partial charge in [-0.2, -0.15) is 10.1 Å². The fourth-order valence-corrected chi connectivity index (χ4v) is 4.97. The van der Waals surface area contributed by atoms with E-state index in [1.807, 2.05) is 41.6 Å². The van der Waals surface area contributed by atoms with Crippen molar-refractivity contribution in [1.29, 1.82) is 0 Å². The Morgan fingerprint density at radius 1 is 1.31 bits per heavy atom. The molecule has 8 nitrogen and oxygen atoms in total. The van der Waals surface area contributed by atoms with E-state index >= 15 is 0 Å². The maximum atomic E-state index is 13.1. The monoisotopic (exact) mass is 434 g/mol. The van der Waals surface area contributed by atoms with Gasteiger partial charge in [0.15, 0.2) is 5.82 Å². The second-order valence-corrected chi connectivity index (χ2v) is 9.41. The topological polar surface area (TPSA) is 89.9 Å². The van der Waals surface area contributed by atoms with Crippen molar-refractivity contribution < 1.29 is 9.32 Å². The van der Waals surface area contributed by atoms with Gasteiger partial charge in [0.25, 0.3) is 5.89 Å². The average molecular weight is 435 g/mol. The van der Waals surface area contributed by atoms with E-state index in [4.69, 9.17) is 9.51 Å². The van der Waals surface area contributed by atoms with E-state index in [9.17, 15) is 4.79 Å². The minimum Gasteiger partial charge on any atom is -0.342 e. The Hall–Kier alpha value is -3.03. The molecule has 3 aromatic heterocycles. The molecule has 4 heterocycles. The number of aryl methyl sites for hydroxylation is 3. The van der Waals surface area contributed by atoms with E-state index in [1.54, 1.807) is 12.4 Å². The molecule has 0 spiro atoms. The number of likely N-dealkylation sites (tertiary alicyclic amines) is 1. The highest BCUT2D eigenvalue weighted by molar-refractivity contribution is 5.76. The van der Waals surface area contributed by atoms with Crippen molar-refractivity contribution in [2.75, 3.05) is 13.1 Å². The van der Waals surface area contributed by atoms with Crippen LogP contribution in [0.3, 0.4) is 0 Å². The predicted octanol–water partition coefficient (Wildman–Crippen LogP) is 3.70. The van der Waals surface area contributed by atoms with E-state index in [1.165, 1.54) is 12.8 Å². The molecule has 2 aliphatic rings. The van der Waals surface area contributed by atoms with E-state index in [0.717, 1.165) is 48.6 Å². The minimum absolute atomic E-state index is 0.174. The Bertz CT molecular complexity index is 1090. The first kappa shape index (κ1) is 20.8. The van der Waals surface area contributed by atoms with Gasteiger partial charge >= 0.3 is 0 Å². The number of hydrogen-bond acceptors (Lipinski definition) is 6. The number of rotatable bonds is 7. The van der Waals surface area contributed by atoms with Gasteiger partial charge < -0.3 is 9.42 Å². The van der Waals surface area contributed by atoms with Gasteiger partial charge in [-0.3, -0.25) is 14.5 Å². The summed E-state index contributed by atoms with van der Waals surface area (Å²) in [6.07, 6.45) is 9.37. The Kier molecular flexibility index (Phi) is 5.53. The third-order valence-electron chi connectivity index (χ3n) is 6.76. The smallest absolute Gasteiger partial charge is 0.259 e. The van der Waals surface area contributed by atoms with Gasteiger partial charge in [0.05, 0.1) is 16.7 Å². The summed E-state index contributed by atoms with van der Waals surface area (Å²) in [5, 5.41) is 8.90. The number of piperidine rings is 1. The molecule has 0 aromatic carbocycles. The van der Waals surface area contributed by atoms with Crippen LogP contribution in [0.2, 0.25) is 0 Å². The summed E-state index contributed by atoms with van der Waals surface area (Å²) < 4.78 is 7.56. The van der Waals surface area contributed by atoms with Crippen LogP contribution in [0.4, 0.5) is 0 Å². The SMILES string of the molecule is Cc1cc(C)n(CCC(=O)N2CCCC(CC3CC3)(c3noc(-c4cccnc4)n3)C2)n1. The molecule has 168 valence electrons. The molecule has 1 saturated carbocycles. The van der Waals surface area contributed by atoms with E-state index < -0.39 is 0 Å². The van der Waals surface area contributed by atoms with Gasteiger partial charge in [-0.1, -0.05) is 18.0 Å². The van der Waals surface area contributed by atoms with Crippen LogP contribution in [-0.2, 0) is 16.8 Å². The molecule has 1 unspecified atom stereocenters. The molecule has 1 aliphatic carbocycles. The van der Waals surface area contributed by atoms with Gasteiger partial charge in [0.1, 0.15) is 0 Å². The molecule has 32 heavy (non-hydrogen) atoms. The summed E-state index contributed by atoms with van der Waals surface area (Å²) >= 11 is 0. The summed E-state index contributed by atoms with van der Waals surface area (Å²) in [4.78, 5) is 24.1. The lowest BCUT2D eigenvalue weighted by molar-refractivity contribution is -0.134. The summed E-state index contributed by atoms with van der Waals surface area (Å²) in [6, 6.07) is 5.83. The molecule has 5 rings (SSSR count). The van der Waals surface area contributed by atoms with Crippen LogP contribution < -0.4 is 0 Å². The zero-order valence-corrected chi connectivity index (χ0v) is 18.8. The van der Waals surface area contributed by atoms with Crippen LogP contribution >= 0.6 is 0 Å². The fourth-order valence-electron chi connectivity index (χ4n) is 4.97. The molecule has 0 bridgehead atoms. The molecule has 1 atom stereocenters. The Labute approximate surface area is 188 Å². The van der Waals surface area contributed by atoms with Gasteiger partial charge in [-0.15, -0.1) is 0 Å². The van der Waals surface area contributed by atoms with Gasteiger partial charge in [-0.05, 0) is 57.2 Å². The summed E-state index contributed by atoms with van der Waals surface area (Å²) in [6.45, 7) is 6.06. The molecule has 1 saturated heterocycles. The Morgan fingerprint density at radius 3 is 2.91 bits per heavy atom. The molecular weight excluding hydrogens is 404 g/mol. The number of aromatic nitrogens is 5. The lowest BCUT2D eigenvalue weighted by atomic mass is 9.74. The van der Waals surface area contributed by atoms with Crippen molar-refractivity contribution in [2.24, 2.45) is 5.92 Å². The van der Waals surface area contributed by atoms with Crippen molar-refractivity contribution in [2.45, 2.75) is 64.3 Å². The third kappa shape index (κ3) is 4.31. The van der Waals surface area contributed by atoms with Crippen molar-refractivity contribution in [1.82, 2.24) is 29.8 Å². The first-order chi connectivity index (χ1) is 15.5. The quantitative estimate of drug-likeness (QED) is 0.563. The van der Waals surface area contributed by atoms with Crippen LogP contribution in [0, 0.1) is 19.8 Å². The lowest BCUT2D eigenvalue weighted by Crippen LogP contribution is -2.49. The maximum Gasteiger partial charge on any atom is 0.259 e.